The number of anilines is 1. The van der Waals surface area contributed by atoms with E-state index in [4.69, 9.17) is 14.7 Å². The van der Waals surface area contributed by atoms with E-state index in [1.54, 1.807) is 12.1 Å². The molecule has 0 radical (unpaired) electrons. The number of aliphatic hydroxyl groups excluding tert-OH is 1. The molecular weight excluding hydrogens is 456 g/mol. The van der Waals surface area contributed by atoms with Crippen molar-refractivity contribution >= 4 is 33.2 Å². The maximum atomic E-state index is 11.1. The molecule has 1 aromatic carbocycles. The summed E-state index contributed by atoms with van der Waals surface area (Å²) in [6.07, 6.45) is 3.68. The molecule has 0 bridgehead atoms. The van der Waals surface area contributed by atoms with E-state index in [0.717, 1.165) is 85.1 Å². The number of aromatic nitrogens is 3. The fourth-order valence-corrected chi connectivity index (χ4v) is 5.50. The third-order valence-electron chi connectivity index (χ3n) is 6.31. The average molecular weight is 485 g/mol. The summed E-state index contributed by atoms with van der Waals surface area (Å²) in [7, 11) is 0. The number of nitrogens with one attached hydrogen (secondary N) is 1. The molecule has 10 nitrogen and oxygen atoms in total. The van der Waals surface area contributed by atoms with Crippen LogP contribution in [0.3, 0.4) is 0 Å². The Hall–Kier alpha value is -2.73. The van der Waals surface area contributed by atoms with Gasteiger partial charge in [0.05, 0.1) is 50.9 Å². The van der Waals surface area contributed by atoms with Crippen LogP contribution in [-0.4, -0.2) is 68.3 Å². The van der Waals surface area contributed by atoms with Gasteiger partial charge in [-0.25, -0.2) is 15.0 Å². The fraction of sp³-hybridized carbons (Fsp3) is 0.522. The molecule has 1 saturated heterocycles. The minimum Gasteiger partial charge on any atom is -0.393 e. The number of thiazole rings is 1. The number of nitrogens with zero attached hydrogens (tertiary/aromatic N) is 5. The zero-order chi connectivity index (χ0) is 23.5. The van der Waals surface area contributed by atoms with E-state index in [0.29, 0.717) is 12.4 Å². The van der Waals surface area contributed by atoms with Crippen LogP contribution in [0, 0.1) is 10.1 Å². The van der Waals surface area contributed by atoms with E-state index in [-0.39, 0.29) is 22.8 Å². The van der Waals surface area contributed by atoms with Crippen LogP contribution >= 0.6 is 11.3 Å². The van der Waals surface area contributed by atoms with Gasteiger partial charge in [0, 0.05) is 44.2 Å². The van der Waals surface area contributed by atoms with Gasteiger partial charge in [-0.05, 0) is 37.8 Å². The van der Waals surface area contributed by atoms with Crippen LogP contribution in [0.4, 0.5) is 11.6 Å². The number of hydrogen-bond donors (Lipinski definition) is 2. The molecule has 1 saturated carbocycles. The monoisotopic (exact) mass is 484 g/mol. The molecule has 0 spiro atoms. The summed E-state index contributed by atoms with van der Waals surface area (Å²) in [6, 6.07) is 7.03. The number of rotatable bonds is 7. The molecule has 0 atom stereocenters. The highest BCUT2D eigenvalue weighted by atomic mass is 32.1. The Morgan fingerprint density at radius 1 is 1.12 bits per heavy atom. The van der Waals surface area contributed by atoms with Gasteiger partial charge >= 0.3 is 0 Å². The lowest BCUT2D eigenvalue weighted by Crippen LogP contribution is -2.36. The molecule has 34 heavy (non-hydrogen) atoms. The smallest absolute Gasteiger partial charge is 0.270 e. The van der Waals surface area contributed by atoms with Crippen molar-refractivity contribution in [2.75, 3.05) is 31.6 Å². The van der Waals surface area contributed by atoms with Gasteiger partial charge in [0.2, 0.25) is 5.95 Å². The Balaban J connectivity index is 1.38. The number of nitro groups is 1. The minimum atomic E-state index is -0.386. The number of fused-ring (bicyclic) bond motifs is 1. The normalized spacial score (nSPS) is 21.6. The highest BCUT2D eigenvalue weighted by Crippen LogP contribution is 2.28. The van der Waals surface area contributed by atoms with Crippen LogP contribution in [0.2, 0.25) is 0 Å². The molecule has 2 aromatic heterocycles. The van der Waals surface area contributed by atoms with E-state index < -0.39 is 0 Å². The first-order valence-corrected chi connectivity index (χ1v) is 12.5. The average Bonchev–Trinajstić information content (AvgIpc) is 3.22. The van der Waals surface area contributed by atoms with Gasteiger partial charge in [-0.2, -0.15) is 0 Å². The van der Waals surface area contributed by atoms with Crippen molar-refractivity contribution in [3.63, 3.8) is 0 Å². The Kier molecular flexibility index (Phi) is 6.95. The number of benzene rings is 1. The molecule has 2 N–H and O–H groups in total. The summed E-state index contributed by atoms with van der Waals surface area (Å²) in [6.45, 7) is 3.93. The summed E-state index contributed by atoms with van der Waals surface area (Å²) in [4.78, 5) is 27.3. The maximum Gasteiger partial charge on any atom is 0.270 e. The van der Waals surface area contributed by atoms with E-state index in [9.17, 15) is 15.2 Å². The van der Waals surface area contributed by atoms with Crippen LogP contribution in [0.5, 0.6) is 0 Å². The highest BCUT2D eigenvalue weighted by molar-refractivity contribution is 7.18. The van der Waals surface area contributed by atoms with Gasteiger partial charge in [0.25, 0.3) is 5.69 Å². The summed E-state index contributed by atoms with van der Waals surface area (Å²) in [5, 5.41) is 25.3. The molecule has 2 aliphatic rings. The van der Waals surface area contributed by atoms with Gasteiger partial charge < -0.3 is 15.2 Å². The van der Waals surface area contributed by atoms with Crippen LogP contribution in [0.25, 0.3) is 10.2 Å². The summed E-state index contributed by atoms with van der Waals surface area (Å²) in [5.74, 6) is 0.610. The van der Waals surface area contributed by atoms with E-state index in [1.165, 1.54) is 17.4 Å². The lowest BCUT2D eigenvalue weighted by Gasteiger charge is -2.27. The zero-order valence-electron chi connectivity index (χ0n) is 18.9. The van der Waals surface area contributed by atoms with E-state index in [1.807, 2.05) is 6.07 Å². The SMILES string of the molecule is O=[N+]([O-])c1ccc2nc(Cc3cc(CN4CCOCC4)nc(NC4CCC(O)CC4)n3)sc2c1. The fourth-order valence-electron chi connectivity index (χ4n) is 4.49. The van der Waals surface area contributed by atoms with Crippen molar-refractivity contribution in [2.45, 2.75) is 50.8 Å². The highest BCUT2D eigenvalue weighted by Gasteiger charge is 2.21. The molecule has 5 rings (SSSR count). The third kappa shape index (κ3) is 5.66. The quantitative estimate of drug-likeness (QED) is 0.384. The lowest BCUT2D eigenvalue weighted by atomic mass is 9.93. The molecule has 1 aliphatic heterocycles. The number of nitro benzene ring substituents is 1. The Morgan fingerprint density at radius 3 is 2.65 bits per heavy atom. The summed E-state index contributed by atoms with van der Waals surface area (Å²) < 4.78 is 6.27. The van der Waals surface area contributed by atoms with E-state index in [2.05, 4.69) is 15.2 Å². The van der Waals surface area contributed by atoms with Crippen molar-refractivity contribution in [1.29, 1.82) is 0 Å². The van der Waals surface area contributed by atoms with Gasteiger partial charge in [-0.3, -0.25) is 15.0 Å². The van der Waals surface area contributed by atoms with Crippen molar-refractivity contribution in [2.24, 2.45) is 0 Å². The number of aliphatic hydroxyl groups is 1. The second kappa shape index (κ2) is 10.3. The van der Waals surface area contributed by atoms with Crippen molar-refractivity contribution in [3.8, 4) is 0 Å². The predicted octanol–water partition coefficient (Wildman–Crippen LogP) is 3.13. The number of non-ortho nitro benzene ring substituents is 1. The third-order valence-corrected chi connectivity index (χ3v) is 7.33. The van der Waals surface area contributed by atoms with Crippen molar-refractivity contribution < 1.29 is 14.8 Å². The van der Waals surface area contributed by atoms with Gasteiger partial charge in [-0.1, -0.05) is 0 Å². The van der Waals surface area contributed by atoms with Gasteiger partial charge in [0.1, 0.15) is 0 Å². The van der Waals surface area contributed by atoms with E-state index >= 15 is 0 Å². The van der Waals surface area contributed by atoms with Crippen LogP contribution < -0.4 is 5.32 Å². The molecule has 11 heteroatoms. The van der Waals surface area contributed by atoms with Crippen LogP contribution in [0.15, 0.2) is 24.3 Å². The standard InChI is InChI=1S/C23H28N6O4S/c30-19-4-1-15(2-5-19)24-23-25-16(11-17(26-23)14-28-7-9-33-10-8-28)12-22-27-20-6-3-18(29(31)32)13-21(20)34-22/h3,6,11,13,15,19,30H,1-2,4-5,7-10,12,14H2,(H,24,25,26). The molecular formula is C23H28N6O4S. The molecule has 0 amide bonds. The Labute approximate surface area is 201 Å². The van der Waals surface area contributed by atoms with Crippen molar-refractivity contribution in [1.82, 2.24) is 19.9 Å². The first kappa shape index (κ1) is 23.0. The second-order valence-electron chi connectivity index (χ2n) is 8.91. The van der Waals surface area contributed by atoms with Crippen LogP contribution in [-0.2, 0) is 17.7 Å². The molecule has 2 fully saturated rings. The molecule has 180 valence electrons. The predicted molar refractivity (Wildman–Crippen MR) is 129 cm³/mol. The minimum absolute atomic E-state index is 0.0709. The molecule has 3 aromatic rings. The summed E-state index contributed by atoms with van der Waals surface area (Å²) in [5.41, 5.74) is 2.64. The topological polar surface area (TPSA) is 127 Å². The lowest BCUT2D eigenvalue weighted by molar-refractivity contribution is -0.384. The summed E-state index contributed by atoms with van der Waals surface area (Å²) >= 11 is 1.46. The largest absolute Gasteiger partial charge is 0.393 e. The van der Waals surface area contributed by atoms with Crippen molar-refractivity contribution in [3.05, 3.63) is 50.8 Å². The zero-order valence-corrected chi connectivity index (χ0v) is 19.7. The second-order valence-corrected chi connectivity index (χ2v) is 10.0. The Morgan fingerprint density at radius 2 is 1.88 bits per heavy atom. The Bertz CT molecular complexity index is 1160. The van der Waals surface area contributed by atoms with Crippen LogP contribution in [0.1, 0.15) is 42.1 Å². The first-order chi connectivity index (χ1) is 16.5. The number of ether oxygens (including phenoxy) is 1. The maximum absolute atomic E-state index is 11.1. The number of hydrogen-bond acceptors (Lipinski definition) is 10. The molecule has 0 unspecified atom stereocenters. The van der Waals surface area contributed by atoms with Gasteiger partial charge in [-0.15, -0.1) is 11.3 Å². The number of morpholine rings is 1. The van der Waals surface area contributed by atoms with Gasteiger partial charge in [0.15, 0.2) is 0 Å². The first-order valence-electron chi connectivity index (χ1n) is 11.7. The molecule has 1 aliphatic carbocycles. The molecule has 3 heterocycles.